The quantitative estimate of drug-likeness (QED) is 0.806. The Morgan fingerprint density at radius 2 is 1.72 bits per heavy atom. The molecule has 0 radical (unpaired) electrons. The number of carbonyl (C=O) groups excluding carboxylic acids is 2. The molecule has 0 aliphatic heterocycles. The maximum atomic E-state index is 12.4. The molecule has 1 aromatic heterocycles. The van der Waals surface area contributed by atoms with E-state index in [0.717, 1.165) is 24.2 Å². The van der Waals surface area contributed by atoms with E-state index in [4.69, 9.17) is 0 Å². The molecule has 0 atom stereocenters. The summed E-state index contributed by atoms with van der Waals surface area (Å²) < 4.78 is 0. The van der Waals surface area contributed by atoms with Crippen LogP contribution in [0.25, 0.3) is 0 Å². The van der Waals surface area contributed by atoms with Crippen LogP contribution >= 0.6 is 0 Å². The number of anilines is 2. The number of aromatic nitrogens is 1. The van der Waals surface area contributed by atoms with Gasteiger partial charge in [0.1, 0.15) is 5.69 Å². The van der Waals surface area contributed by atoms with E-state index >= 15 is 0 Å². The molecule has 5 heteroatoms. The zero-order valence-corrected chi connectivity index (χ0v) is 14.4. The summed E-state index contributed by atoms with van der Waals surface area (Å²) in [4.78, 5) is 27.9. The molecule has 0 bridgehead atoms. The van der Waals surface area contributed by atoms with Crippen LogP contribution in [0.1, 0.15) is 59.9 Å². The second-order valence-electron chi connectivity index (χ2n) is 6.50. The monoisotopic (exact) mass is 337 g/mol. The molecule has 5 nitrogen and oxygen atoms in total. The highest BCUT2D eigenvalue weighted by atomic mass is 16.2. The summed E-state index contributed by atoms with van der Waals surface area (Å²) >= 11 is 0. The summed E-state index contributed by atoms with van der Waals surface area (Å²) in [6.07, 6.45) is 7.33. The predicted octanol–water partition coefficient (Wildman–Crippen LogP) is 4.09. The molecular weight excluding hydrogens is 314 g/mol. The summed E-state index contributed by atoms with van der Waals surface area (Å²) in [6.45, 7) is 1.54. The molecule has 25 heavy (non-hydrogen) atoms. The molecule has 2 N–H and O–H groups in total. The number of Topliss-reactive ketones (excluding diaryl/α,β-unsaturated/α-hetero) is 1. The Hall–Kier alpha value is -2.69. The van der Waals surface area contributed by atoms with Crippen molar-refractivity contribution >= 4 is 23.1 Å². The van der Waals surface area contributed by atoms with E-state index in [1.54, 1.807) is 31.3 Å². The molecule has 1 saturated carbocycles. The zero-order valence-electron chi connectivity index (χ0n) is 14.4. The molecule has 2 aromatic rings. The van der Waals surface area contributed by atoms with E-state index < -0.39 is 0 Å². The van der Waals surface area contributed by atoms with Crippen LogP contribution in [0, 0.1) is 0 Å². The van der Waals surface area contributed by atoms with Crippen molar-refractivity contribution in [3.8, 4) is 0 Å². The minimum absolute atomic E-state index is 0.0390. The van der Waals surface area contributed by atoms with Gasteiger partial charge in [-0.15, -0.1) is 0 Å². The Bertz CT molecular complexity index is 750. The molecule has 0 spiro atoms. The van der Waals surface area contributed by atoms with E-state index in [2.05, 4.69) is 15.6 Å². The van der Waals surface area contributed by atoms with E-state index in [-0.39, 0.29) is 17.7 Å². The Balaban J connectivity index is 1.66. The molecule has 0 unspecified atom stereocenters. The molecular formula is C20H23N3O2. The average molecular weight is 337 g/mol. The fraction of sp³-hybridized carbons (Fsp3) is 0.350. The third kappa shape index (κ3) is 4.66. The van der Waals surface area contributed by atoms with E-state index in [1.165, 1.54) is 19.3 Å². The second-order valence-corrected chi connectivity index (χ2v) is 6.50. The van der Waals surface area contributed by atoms with Crippen LogP contribution in [-0.2, 0) is 0 Å². The highest BCUT2D eigenvalue weighted by Crippen LogP contribution is 2.19. The standard InChI is InChI=1S/C20H23N3O2/c1-14(24)15-7-9-17(10-8-15)22-18-11-12-21-19(13-18)20(25)23-16-5-3-2-4-6-16/h7-13,16H,2-6H2,1H3,(H,21,22)(H,23,25). The lowest BCUT2D eigenvalue weighted by molar-refractivity contribution is 0.0922. The van der Waals surface area contributed by atoms with Gasteiger partial charge in [0.05, 0.1) is 0 Å². The molecule has 3 rings (SSSR count). The van der Waals surface area contributed by atoms with E-state index in [0.29, 0.717) is 11.3 Å². The lowest BCUT2D eigenvalue weighted by atomic mass is 9.95. The fourth-order valence-electron chi connectivity index (χ4n) is 3.09. The number of benzene rings is 1. The summed E-state index contributed by atoms with van der Waals surface area (Å²) in [6, 6.07) is 11.1. The van der Waals surface area contributed by atoms with Crippen LogP contribution in [0.4, 0.5) is 11.4 Å². The number of nitrogens with one attached hydrogen (secondary N) is 2. The molecule has 1 aliphatic carbocycles. The first-order chi connectivity index (χ1) is 12.1. The van der Waals surface area contributed by atoms with Crippen LogP contribution in [0.5, 0.6) is 0 Å². The Morgan fingerprint density at radius 1 is 1.00 bits per heavy atom. The smallest absolute Gasteiger partial charge is 0.270 e. The first kappa shape index (κ1) is 17.1. The lowest BCUT2D eigenvalue weighted by Gasteiger charge is -2.22. The van der Waals surface area contributed by atoms with Crippen molar-refractivity contribution in [2.24, 2.45) is 0 Å². The van der Waals surface area contributed by atoms with Gasteiger partial charge in [-0.1, -0.05) is 19.3 Å². The van der Waals surface area contributed by atoms with Gasteiger partial charge in [-0.25, -0.2) is 0 Å². The molecule has 1 heterocycles. The van der Waals surface area contributed by atoms with Gasteiger partial charge in [0, 0.05) is 29.2 Å². The first-order valence-corrected chi connectivity index (χ1v) is 8.77. The number of amides is 1. The molecule has 0 saturated heterocycles. The van der Waals surface area contributed by atoms with Crippen molar-refractivity contribution in [2.75, 3.05) is 5.32 Å². The Morgan fingerprint density at radius 3 is 2.40 bits per heavy atom. The number of ketones is 1. The van der Waals surface area contributed by atoms with Crippen LogP contribution in [0.15, 0.2) is 42.6 Å². The van der Waals surface area contributed by atoms with Gasteiger partial charge in [0.25, 0.3) is 5.91 Å². The average Bonchev–Trinajstić information content (AvgIpc) is 2.63. The number of rotatable bonds is 5. The Labute approximate surface area is 147 Å². The first-order valence-electron chi connectivity index (χ1n) is 8.77. The van der Waals surface area contributed by atoms with Crippen LogP contribution in [0.2, 0.25) is 0 Å². The SMILES string of the molecule is CC(=O)c1ccc(Nc2ccnc(C(=O)NC3CCCCC3)c2)cc1. The van der Waals surface area contributed by atoms with Crippen molar-refractivity contribution in [2.45, 2.75) is 45.1 Å². The third-order valence-electron chi connectivity index (χ3n) is 4.51. The van der Waals surface area contributed by atoms with Gasteiger partial charge < -0.3 is 10.6 Å². The van der Waals surface area contributed by atoms with Crippen LogP contribution in [0.3, 0.4) is 0 Å². The van der Waals surface area contributed by atoms with Gasteiger partial charge in [0.15, 0.2) is 5.78 Å². The summed E-state index contributed by atoms with van der Waals surface area (Å²) in [5.41, 5.74) is 2.73. The number of hydrogen-bond acceptors (Lipinski definition) is 4. The largest absolute Gasteiger partial charge is 0.355 e. The van der Waals surface area contributed by atoms with E-state index in [9.17, 15) is 9.59 Å². The van der Waals surface area contributed by atoms with Crippen molar-refractivity contribution in [1.82, 2.24) is 10.3 Å². The van der Waals surface area contributed by atoms with Gasteiger partial charge >= 0.3 is 0 Å². The maximum absolute atomic E-state index is 12.4. The van der Waals surface area contributed by atoms with Crippen LogP contribution < -0.4 is 10.6 Å². The van der Waals surface area contributed by atoms with Crippen molar-refractivity contribution < 1.29 is 9.59 Å². The highest BCUT2D eigenvalue weighted by molar-refractivity contribution is 5.95. The number of nitrogens with zero attached hydrogens (tertiary/aromatic N) is 1. The fourth-order valence-corrected chi connectivity index (χ4v) is 3.09. The van der Waals surface area contributed by atoms with Gasteiger partial charge in [0.2, 0.25) is 0 Å². The molecule has 1 aliphatic rings. The zero-order chi connectivity index (χ0) is 17.6. The summed E-state index contributed by atoms with van der Waals surface area (Å²) in [5, 5.41) is 6.32. The molecule has 1 aromatic carbocycles. The lowest BCUT2D eigenvalue weighted by Crippen LogP contribution is -2.36. The predicted molar refractivity (Wildman–Crippen MR) is 98.3 cm³/mol. The van der Waals surface area contributed by atoms with Crippen molar-refractivity contribution in [1.29, 1.82) is 0 Å². The van der Waals surface area contributed by atoms with Gasteiger partial charge in [-0.2, -0.15) is 0 Å². The normalized spacial score (nSPS) is 14.8. The number of pyridine rings is 1. The highest BCUT2D eigenvalue weighted by Gasteiger charge is 2.17. The minimum Gasteiger partial charge on any atom is -0.355 e. The number of carbonyl (C=O) groups is 2. The minimum atomic E-state index is -0.123. The molecule has 1 amide bonds. The molecule has 130 valence electrons. The topological polar surface area (TPSA) is 71.1 Å². The van der Waals surface area contributed by atoms with Crippen molar-refractivity contribution in [3.05, 3.63) is 53.9 Å². The summed E-state index contributed by atoms with van der Waals surface area (Å²) in [7, 11) is 0. The maximum Gasteiger partial charge on any atom is 0.270 e. The molecule has 1 fully saturated rings. The second kappa shape index (κ2) is 7.92. The number of hydrogen-bond donors (Lipinski definition) is 2. The van der Waals surface area contributed by atoms with Gasteiger partial charge in [-0.05, 0) is 56.2 Å². The Kier molecular flexibility index (Phi) is 5.43. The third-order valence-corrected chi connectivity index (χ3v) is 4.51. The van der Waals surface area contributed by atoms with Crippen molar-refractivity contribution in [3.63, 3.8) is 0 Å². The van der Waals surface area contributed by atoms with E-state index in [1.807, 2.05) is 18.2 Å². The van der Waals surface area contributed by atoms with Gasteiger partial charge in [-0.3, -0.25) is 14.6 Å². The summed E-state index contributed by atoms with van der Waals surface area (Å²) in [5.74, 6) is -0.0837. The van der Waals surface area contributed by atoms with Crippen LogP contribution in [-0.4, -0.2) is 22.7 Å².